The number of hydrogen-bond donors (Lipinski definition) is 2. The molecule has 15 heavy (non-hydrogen) atoms. The Morgan fingerprint density at radius 1 is 1.40 bits per heavy atom. The topological polar surface area (TPSA) is 102 Å². The van der Waals surface area contributed by atoms with Gasteiger partial charge in [0.25, 0.3) is 10.1 Å². The zero-order valence-electron chi connectivity index (χ0n) is 8.36. The summed E-state index contributed by atoms with van der Waals surface area (Å²) in [6.07, 6.45) is -3.98. The van der Waals surface area contributed by atoms with Crippen LogP contribution in [0.2, 0.25) is 0 Å². The molecular formula is C7H14O7S. The molecule has 0 aliphatic carbocycles. The molecule has 4 atom stereocenters. The molecule has 0 aromatic carbocycles. The van der Waals surface area contributed by atoms with E-state index in [0.29, 0.717) is 0 Å². The van der Waals surface area contributed by atoms with Crippen LogP contribution in [0.15, 0.2) is 0 Å². The van der Waals surface area contributed by atoms with E-state index in [0.717, 1.165) is 6.26 Å². The Bertz CT molecular complexity index is 298. The van der Waals surface area contributed by atoms with Crippen LogP contribution in [0, 0.1) is 0 Å². The molecule has 0 saturated carbocycles. The van der Waals surface area contributed by atoms with E-state index in [1.54, 1.807) is 0 Å². The lowest BCUT2D eigenvalue weighted by Crippen LogP contribution is -2.55. The van der Waals surface area contributed by atoms with Crippen LogP contribution in [0.3, 0.4) is 0 Å². The van der Waals surface area contributed by atoms with Gasteiger partial charge >= 0.3 is 0 Å². The Morgan fingerprint density at radius 3 is 2.47 bits per heavy atom. The third-order valence-electron chi connectivity index (χ3n) is 1.95. The van der Waals surface area contributed by atoms with Crippen molar-refractivity contribution in [2.45, 2.75) is 24.6 Å². The maximum atomic E-state index is 10.9. The second-order valence-corrected chi connectivity index (χ2v) is 4.86. The Balaban J connectivity index is 2.78. The van der Waals surface area contributed by atoms with Crippen molar-refractivity contribution in [3.8, 4) is 0 Å². The molecule has 0 aromatic rings. The lowest BCUT2D eigenvalue weighted by Gasteiger charge is -2.36. The zero-order valence-corrected chi connectivity index (χ0v) is 9.18. The second kappa shape index (κ2) is 4.73. The predicted octanol–water partition coefficient (Wildman–Crippen LogP) is -1.94. The molecule has 90 valence electrons. The first-order chi connectivity index (χ1) is 6.85. The molecule has 8 heteroatoms. The molecule has 0 unspecified atom stereocenters. The van der Waals surface area contributed by atoms with Gasteiger partial charge in [-0.3, -0.25) is 4.18 Å². The smallest absolute Gasteiger partial charge is 0.264 e. The molecular weight excluding hydrogens is 228 g/mol. The average Bonchev–Trinajstić information content (AvgIpc) is 2.11. The molecule has 1 heterocycles. The minimum Gasteiger partial charge on any atom is -0.388 e. The summed E-state index contributed by atoms with van der Waals surface area (Å²) in [5.74, 6) is 0. The van der Waals surface area contributed by atoms with Crippen molar-refractivity contribution in [2.75, 3.05) is 20.0 Å². The number of aliphatic hydroxyl groups is 2. The van der Waals surface area contributed by atoms with Crippen molar-refractivity contribution in [3.63, 3.8) is 0 Å². The molecule has 0 bridgehead atoms. The third-order valence-corrected chi connectivity index (χ3v) is 2.52. The van der Waals surface area contributed by atoms with E-state index in [-0.39, 0.29) is 6.61 Å². The lowest BCUT2D eigenvalue weighted by atomic mass is 10.1. The number of aliphatic hydroxyl groups excluding tert-OH is 2. The van der Waals surface area contributed by atoms with Crippen LogP contribution in [-0.4, -0.2) is 63.2 Å². The highest BCUT2D eigenvalue weighted by Crippen LogP contribution is 2.20. The van der Waals surface area contributed by atoms with Crippen LogP contribution >= 0.6 is 0 Å². The average molecular weight is 242 g/mol. The van der Waals surface area contributed by atoms with Crippen molar-refractivity contribution in [1.82, 2.24) is 0 Å². The fourth-order valence-corrected chi connectivity index (χ4v) is 1.88. The summed E-state index contributed by atoms with van der Waals surface area (Å²) < 4.78 is 36.1. The number of ether oxygens (including phenoxy) is 2. The first-order valence-electron chi connectivity index (χ1n) is 4.24. The normalized spacial score (nSPS) is 37.9. The maximum absolute atomic E-state index is 10.9. The van der Waals surface area contributed by atoms with Crippen LogP contribution in [0.25, 0.3) is 0 Å². The Kier molecular flexibility index (Phi) is 4.04. The molecule has 7 nitrogen and oxygen atoms in total. The Labute approximate surface area is 87.7 Å². The van der Waals surface area contributed by atoms with E-state index in [4.69, 9.17) is 9.47 Å². The fraction of sp³-hybridized carbons (Fsp3) is 1.00. The highest BCUT2D eigenvalue weighted by molar-refractivity contribution is 7.86. The van der Waals surface area contributed by atoms with E-state index >= 15 is 0 Å². The van der Waals surface area contributed by atoms with Gasteiger partial charge in [0.1, 0.15) is 12.2 Å². The van der Waals surface area contributed by atoms with E-state index in [1.165, 1.54) is 7.11 Å². The van der Waals surface area contributed by atoms with Crippen molar-refractivity contribution in [3.05, 3.63) is 0 Å². The molecule has 1 rings (SSSR count). The summed E-state index contributed by atoms with van der Waals surface area (Å²) in [6.45, 7) is -0.136. The highest BCUT2D eigenvalue weighted by Gasteiger charge is 2.41. The number of hydrogen-bond acceptors (Lipinski definition) is 7. The SMILES string of the molecule is CO[C@@H]1OC[C@@H](O)[C@@H](O)[C@@H]1OS(C)(=O)=O. The van der Waals surface area contributed by atoms with Crippen molar-refractivity contribution < 1.29 is 32.3 Å². The minimum atomic E-state index is -3.75. The van der Waals surface area contributed by atoms with Gasteiger partial charge in [-0.1, -0.05) is 0 Å². The summed E-state index contributed by atoms with van der Waals surface area (Å²) in [7, 11) is -2.47. The zero-order chi connectivity index (χ0) is 11.6. The maximum Gasteiger partial charge on any atom is 0.264 e. The van der Waals surface area contributed by atoms with Gasteiger partial charge in [-0.2, -0.15) is 8.42 Å². The van der Waals surface area contributed by atoms with Crippen LogP contribution < -0.4 is 0 Å². The standard InChI is InChI=1S/C7H14O7S/c1-12-7-6(14-15(2,10)11)5(9)4(8)3-13-7/h4-9H,3H2,1-2H3/t4-,5-,6+,7-/m1/s1. The Hall–Kier alpha value is -0.250. The molecule has 1 saturated heterocycles. The van der Waals surface area contributed by atoms with Crippen molar-refractivity contribution >= 4 is 10.1 Å². The van der Waals surface area contributed by atoms with Crippen LogP contribution in [0.4, 0.5) is 0 Å². The molecule has 0 amide bonds. The quantitative estimate of drug-likeness (QED) is 0.555. The van der Waals surface area contributed by atoms with Gasteiger partial charge in [-0.15, -0.1) is 0 Å². The monoisotopic (exact) mass is 242 g/mol. The summed E-state index contributed by atoms with van der Waals surface area (Å²) in [5, 5.41) is 18.8. The van der Waals surface area contributed by atoms with Gasteiger partial charge in [0.2, 0.25) is 0 Å². The highest BCUT2D eigenvalue weighted by atomic mass is 32.2. The van der Waals surface area contributed by atoms with E-state index in [1.807, 2.05) is 0 Å². The summed E-state index contributed by atoms with van der Waals surface area (Å²) in [5.41, 5.74) is 0. The van der Waals surface area contributed by atoms with Crippen molar-refractivity contribution in [2.24, 2.45) is 0 Å². The van der Waals surface area contributed by atoms with Gasteiger partial charge in [0, 0.05) is 7.11 Å². The Morgan fingerprint density at radius 2 is 2.00 bits per heavy atom. The number of methoxy groups -OCH3 is 1. The minimum absolute atomic E-state index is 0.136. The summed E-state index contributed by atoms with van der Waals surface area (Å²) >= 11 is 0. The van der Waals surface area contributed by atoms with E-state index < -0.39 is 34.7 Å². The summed E-state index contributed by atoms with van der Waals surface area (Å²) in [4.78, 5) is 0. The molecule has 1 aliphatic heterocycles. The number of rotatable bonds is 3. The summed E-state index contributed by atoms with van der Waals surface area (Å²) in [6, 6.07) is 0. The van der Waals surface area contributed by atoms with E-state index in [9.17, 15) is 18.6 Å². The molecule has 0 radical (unpaired) electrons. The second-order valence-electron chi connectivity index (χ2n) is 3.26. The van der Waals surface area contributed by atoms with E-state index in [2.05, 4.69) is 4.18 Å². The third kappa shape index (κ3) is 3.37. The molecule has 1 fully saturated rings. The molecule has 0 spiro atoms. The fourth-order valence-electron chi connectivity index (χ4n) is 1.27. The lowest BCUT2D eigenvalue weighted by molar-refractivity contribution is -0.253. The molecule has 2 N–H and O–H groups in total. The van der Waals surface area contributed by atoms with Gasteiger partial charge in [-0.05, 0) is 0 Å². The van der Waals surface area contributed by atoms with Crippen molar-refractivity contribution in [1.29, 1.82) is 0 Å². The first-order valence-corrected chi connectivity index (χ1v) is 6.05. The predicted molar refractivity (Wildman–Crippen MR) is 48.5 cm³/mol. The largest absolute Gasteiger partial charge is 0.388 e. The van der Waals surface area contributed by atoms with Gasteiger partial charge in [0.05, 0.1) is 12.9 Å². The van der Waals surface area contributed by atoms with Gasteiger partial charge < -0.3 is 19.7 Å². The van der Waals surface area contributed by atoms with Gasteiger partial charge in [0.15, 0.2) is 12.4 Å². The molecule has 0 aromatic heterocycles. The van der Waals surface area contributed by atoms with Crippen LogP contribution in [-0.2, 0) is 23.8 Å². The first kappa shape index (κ1) is 12.8. The molecule has 1 aliphatic rings. The van der Waals surface area contributed by atoms with Crippen LogP contribution in [0.5, 0.6) is 0 Å². The van der Waals surface area contributed by atoms with Gasteiger partial charge in [-0.25, -0.2) is 0 Å². The van der Waals surface area contributed by atoms with Crippen LogP contribution in [0.1, 0.15) is 0 Å².